The van der Waals surface area contributed by atoms with Gasteiger partial charge in [-0.1, -0.05) is 0 Å². The van der Waals surface area contributed by atoms with E-state index < -0.39 is 12.1 Å². The highest BCUT2D eigenvalue weighted by Crippen LogP contribution is 1.97. The second-order valence-electron chi connectivity index (χ2n) is 1.70. The van der Waals surface area contributed by atoms with Crippen LogP contribution < -0.4 is 0 Å². The van der Waals surface area contributed by atoms with E-state index in [1.54, 1.807) is 0 Å². The largest absolute Gasteiger partial charge is 0.371 e. The molecule has 0 amide bonds. The standard InChI is InChI=1S/C6H10O5/c1-9-5(3-4-7)6(8)11-10-2/h4-5H,3H2,1-2H3. The average Bonchev–Trinajstić information content (AvgIpc) is 2.00. The van der Waals surface area contributed by atoms with Crippen LogP contribution in [-0.4, -0.2) is 32.6 Å². The fraction of sp³-hybridized carbons (Fsp3) is 0.667. The molecule has 0 aromatic rings. The summed E-state index contributed by atoms with van der Waals surface area (Å²) < 4.78 is 4.62. The molecule has 0 aliphatic carbocycles. The minimum absolute atomic E-state index is 0.0291. The first-order chi connectivity index (χ1) is 5.26. The lowest BCUT2D eigenvalue weighted by molar-refractivity contribution is -0.262. The fourth-order valence-corrected chi connectivity index (χ4v) is 0.512. The molecular weight excluding hydrogens is 152 g/mol. The molecule has 0 bridgehead atoms. The maximum Gasteiger partial charge on any atom is 0.371 e. The van der Waals surface area contributed by atoms with Crippen LogP contribution in [0.3, 0.4) is 0 Å². The number of rotatable bonds is 5. The van der Waals surface area contributed by atoms with Gasteiger partial charge < -0.3 is 9.53 Å². The Labute approximate surface area is 64.2 Å². The topological polar surface area (TPSA) is 61.8 Å². The van der Waals surface area contributed by atoms with E-state index >= 15 is 0 Å². The van der Waals surface area contributed by atoms with E-state index in [2.05, 4.69) is 14.5 Å². The number of hydrogen-bond acceptors (Lipinski definition) is 5. The number of methoxy groups -OCH3 is 1. The highest BCUT2D eigenvalue weighted by molar-refractivity contribution is 5.77. The number of ether oxygens (including phenoxy) is 1. The molecule has 0 aliphatic rings. The molecule has 0 fully saturated rings. The summed E-state index contributed by atoms with van der Waals surface area (Å²) in [5.41, 5.74) is 0. The summed E-state index contributed by atoms with van der Waals surface area (Å²) in [6, 6.07) is 0. The van der Waals surface area contributed by atoms with Crippen LogP contribution in [0.1, 0.15) is 6.42 Å². The van der Waals surface area contributed by atoms with E-state index in [9.17, 15) is 9.59 Å². The molecule has 0 heterocycles. The second kappa shape index (κ2) is 5.82. The van der Waals surface area contributed by atoms with Crippen LogP contribution in [0.25, 0.3) is 0 Å². The minimum Gasteiger partial charge on any atom is -0.369 e. The van der Waals surface area contributed by atoms with Crippen LogP contribution in [0, 0.1) is 0 Å². The van der Waals surface area contributed by atoms with Crippen molar-refractivity contribution < 1.29 is 24.1 Å². The first-order valence-corrected chi connectivity index (χ1v) is 2.97. The number of carbonyl (C=O) groups is 2. The third-order valence-corrected chi connectivity index (χ3v) is 1.02. The highest BCUT2D eigenvalue weighted by atomic mass is 17.2. The van der Waals surface area contributed by atoms with Crippen molar-refractivity contribution in [3.63, 3.8) is 0 Å². The first-order valence-electron chi connectivity index (χ1n) is 2.97. The Balaban J connectivity index is 3.80. The maximum atomic E-state index is 10.7. The molecular formula is C6H10O5. The molecule has 5 heteroatoms. The quantitative estimate of drug-likeness (QED) is 0.315. The van der Waals surface area contributed by atoms with Gasteiger partial charge in [0, 0.05) is 13.5 Å². The van der Waals surface area contributed by atoms with Crippen LogP contribution in [0.2, 0.25) is 0 Å². The van der Waals surface area contributed by atoms with Crippen LogP contribution in [0.15, 0.2) is 0 Å². The Bertz CT molecular complexity index is 133. The molecule has 0 aromatic carbocycles. The summed E-state index contributed by atoms with van der Waals surface area (Å²) in [7, 11) is 2.51. The van der Waals surface area contributed by atoms with E-state index in [0.717, 1.165) is 0 Å². The van der Waals surface area contributed by atoms with Crippen molar-refractivity contribution in [1.29, 1.82) is 0 Å². The van der Waals surface area contributed by atoms with Crippen molar-refractivity contribution in [3.05, 3.63) is 0 Å². The van der Waals surface area contributed by atoms with Gasteiger partial charge in [0.25, 0.3) is 0 Å². The zero-order chi connectivity index (χ0) is 8.69. The van der Waals surface area contributed by atoms with Crippen molar-refractivity contribution in [2.75, 3.05) is 14.2 Å². The molecule has 0 N–H and O–H groups in total. The zero-order valence-electron chi connectivity index (χ0n) is 6.40. The van der Waals surface area contributed by atoms with Crippen LogP contribution in [-0.2, 0) is 24.1 Å². The molecule has 0 rings (SSSR count). The maximum absolute atomic E-state index is 10.7. The Morgan fingerprint density at radius 2 is 2.18 bits per heavy atom. The van der Waals surface area contributed by atoms with Gasteiger partial charge >= 0.3 is 5.97 Å². The van der Waals surface area contributed by atoms with Crippen molar-refractivity contribution in [3.8, 4) is 0 Å². The van der Waals surface area contributed by atoms with Crippen LogP contribution in [0.5, 0.6) is 0 Å². The van der Waals surface area contributed by atoms with E-state index in [0.29, 0.717) is 6.29 Å². The van der Waals surface area contributed by atoms with Gasteiger partial charge in [-0.2, -0.15) is 4.89 Å². The van der Waals surface area contributed by atoms with Crippen LogP contribution in [0.4, 0.5) is 0 Å². The molecule has 5 nitrogen and oxygen atoms in total. The smallest absolute Gasteiger partial charge is 0.369 e. The summed E-state index contributed by atoms with van der Waals surface area (Å²) in [5, 5.41) is 0. The van der Waals surface area contributed by atoms with Crippen LogP contribution >= 0.6 is 0 Å². The van der Waals surface area contributed by atoms with Gasteiger partial charge in [-0.05, 0) is 0 Å². The summed E-state index contributed by atoms with van der Waals surface area (Å²) in [6.07, 6.45) is -0.323. The third kappa shape index (κ3) is 3.69. The summed E-state index contributed by atoms with van der Waals surface area (Å²) in [5.74, 6) is -0.706. The van der Waals surface area contributed by atoms with E-state index in [4.69, 9.17) is 0 Å². The molecule has 0 spiro atoms. The van der Waals surface area contributed by atoms with E-state index in [-0.39, 0.29) is 6.42 Å². The predicted octanol–water partition coefficient (Wildman–Crippen LogP) is -0.305. The Morgan fingerprint density at radius 1 is 1.55 bits per heavy atom. The molecule has 64 valence electrons. The average molecular weight is 162 g/mol. The van der Waals surface area contributed by atoms with Gasteiger partial charge in [0.2, 0.25) is 0 Å². The van der Waals surface area contributed by atoms with Crippen molar-refractivity contribution in [1.82, 2.24) is 0 Å². The lowest BCUT2D eigenvalue weighted by Crippen LogP contribution is -2.25. The Kier molecular flexibility index (Phi) is 5.32. The second-order valence-corrected chi connectivity index (χ2v) is 1.70. The predicted molar refractivity (Wildman–Crippen MR) is 34.6 cm³/mol. The van der Waals surface area contributed by atoms with Crippen molar-refractivity contribution in [2.45, 2.75) is 12.5 Å². The lowest BCUT2D eigenvalue weighted by Gasteiger charge is -2.07. The Hall–Kier alpha value is -0.940. The van der Waals surface area contributed by atoms with E-state index in [1.807, 2.05) is 0 Å². The molecule has 0 radical (unpaired) electrons. The van der Waals surface area contributed by atoms with Crippen molar-refractivity contribution in [2.24, 2.45) is 0 Å². The number of aldehydes is 1. The summed E-state index contributed by atoms with van der Waals surface area (Å²) in [4.78, 5) is 28.9. The molecule has 0 saturated heterocycles. The lowest BCUT2D eigenvalue weighted by atomic mass is 10.3. The summed E-state index contributed by atoms with van der Waals surface area (Å²) >= 11 is 0. The SMILES string of the molecule is COOC(=O)C(CC=O)OC. The van der Waals surface area contributed by atoms with Gasteiger partial charge in [0.15, 0.2) is 6.10 Å². The van der Waals surface area contributed by atoms with Gasteiger partial charge in [0.05, 0.1) is 7.11 Å². The molecule has 11 heavy (non-hydrogen) atoms. The summed E-state index contributed by atoms with van der Waals surface area (Å²) in [6.45, 7) is 0. The third-order valence-electron chi connectivity index (χ3n) is 1.02. The Morgan fingerprint density at radius 3 is 2.55 bits per heavy atom. The van der Waals surface area contributed by atoms with Gasteiger partial charge in [-0.15, -0.1) is 0 Å². The number of carbonyl (C=O) groups excluding carboxylic acids is 2. The van der Waals surface area contributed by atoms with Gasteiger partial charge in [-0.3, -0.25) is 4.89 Å². The number of hydrogen-bond donors (Lipinski definition) is 0. The van der Waals surface area contributed by atoms with Gasteiger partial charge in [-0.25, -0.2) is 4.79 Å². The first kappa shape index (κ1) is 10.1. The monoisotopic (exact) mass is 162 g/mol. The molecule has 0 aliphatic heterocycles. The molecule has 0 saturated carbocycles. The highest BCUT2D eigenvalue weighted by Gasteiger charge is 2.19. The molecule has 1 unspecified atom stereocenters. The molecule has 0 aromatic heterocycles. The minimum atomic E-state index is -0.868. The van der Waals surface area contributed by atoms with Crippen molar-refractivity contribution >= 4 is 12.3 Å². The fourth-order valence-electron chi connectivity index (χ4n) is 0.512. The van der Waals surface area contributed by atoms with E-state index in [1.165, 1.54) is 14.2 Å². The zero-order valence-corrected chi connectivity index (χ0v) is 6.40. The van der Waals surface area contributed by atoms with Gasteiger partial charge in [0.1, 0.15) is 6.29 Å². The normalized spacial score (nSPS) is 12.2. The molecule has 1 atom stereocenters.